The number of benzene rings is 1. The smallest absolute Gasteiger partial charge is 0.270 e. The summed E-state index contributed by atoms with van der Waals surface area (Å²) in [4.78, 5) is 22.3. The van der Waals surface area contributed by atoms with Gasteiger partial charge in [-0.1, -0.05) is 0 Å². The van der Waals surface area contributed by atoms with E-state index in [-0.39, 0.29) is 28.5 Å². The second-order valence-electron chi connectivity index (χ2n) is 4.72. The van der Waals surface area contributed by atoms with Gasteiger partial charge in [-0.25, -0.2) is 8.42 Å². The van der Waals surface area contributed by atoms with E-state index in [9.17, 15) is 23.3 Å². The summed E-state index contributed by atoms with van der Waals surface area (Å²) in [5, 5.41) is 13.3. The third kappa shape index (κ3) is 3.48. The van der Waals surface area contributed by atoms with Crippen LogP contribution in [-0.4, -0.2) is 43.9 Å². The van der Waals surface area contributed by atoms with Gasteiger partial charge < -0.3 is 10.1 Å². The molecule has 2 rings (SSSR count). The number of ether oxygens (including phenoxy) is 1. The Morgan fingerprint density at radius 2 is 2.19 bits per heavy atom. The molecule has 1 N–H and O–H groups in total. The van der Waals surface area contributed by atoms with Gasteiger partial charge in [0.15, 0.2) is 9.84 Å². The Kier molecular flexibility index (Phi) is 4.12. The Labute approximate surface area is 121 Å². The minimum Gasteiger partial charge on any atom is -0.496 e. The van der Waals surface area contributed by atoms with Crippen LogP contribution in [0.5, 0.6) is 5.75 Å². The molecule has 0 radical (unpaired) electrons. The topological polar surface area (TPSA) is 116 Å². The lowest BCUT2D eigenvalue weighted by molar-refractivity contribution is -0.384. The molecule has 1 saturated heterocycles. The van der Waals surface area contributed by atoms with Crippen molar-refractivity contribution in [1.29, 1.82) is 0 Å². The Morgan fingerprint density at radius 1 is 1.48 bits per heavy atom. The molecule has 0 aromatic heterocycles. The van der Waals surface area contributed by atoms with Gasteiger partial charge in [0.05, 0.1) is 29.1 Å². The third-order valence-corrected chi connectivity index (χ3v) is 4.97. The summed E-state index contributed by atoms with van der Waals surface area (Å²) in [6.45, 7) is 0. The van der Waals surface area contributed by atoms with Gasteiger partial charge in [0.1, 0.15) is 5.75 Å². The number of carbonyl (C=O) groups is 1. The molecule has 1 amide bonds. The van der Waals surface area contributed by atoms with Crippen LogP contribution in [0.1, 0.15) is 16.8 Å². The van der Waals surface area contributed by atoms with Gasteiger partial charge in [0.2, 0.25) is 0 Å². The maximum atomic E-state index is 12.2. The van der Waals surface area contributed by atoms with Crippen LogP contribution < -0.4 is 10.1 Å². The molecule has 0 aliphatic carbocycles. The molecule has 1 aromatic carbocycles. The molecule has 1 fully saturated rings. The fraction of sp³-hybridized carbons (Fsp3) is 0.417. The molecule has 21 heavy (non-hydrogen) atoms. The standard InChI is InChI=1S/C12H14N2O6S/c1-20-11-3-2-9(14(16)17)6-10(11)12(15)13-8-4-5-21(18,19)7-8/h2-3,6,8H,4-5,7H2,1H3,(H,13,15). The van der Waals surface area contributed by atoms with Crippen LogP contribution in [0.3, 0.4) is 0 Å². The highest BCUT2D eigenvalue weighted by Crippen LogP contribution is 2.24. The van der Waals surface area contributed by atoms with E-state index in [1.54, 1.807) is 0 Å². The number of hydrogen-bond donors (Lipinski definition) is 1. The van der Waals surface area contributed by atoms with Crippen molar-refractivity contribution in [2.24, 2.45) is 0 Å². The number of nitrogens with zero attached hydrogens (tertiary/aromatic N) is 1. The Hall–Kier alpha value is -2.16. The van der Waals surface area contributed by atoms with Crippen LogP contribution in [0.15, 0.2) is 18.2 Å². The van der Waals surface area contributed by atoms with Crippen molar-refractivity contribution in [3.8, 4) is 5.75 Å². The number of nitrogens with one attached hydrogen (secondary N) is 1. The van der Waals surface area contributed by atoms with E-state index in [1.165, 1.54) is 19.2 Å². The molecule has 8 nitrogen and oxygen atoms in total. The number of rotatable bonds is 4. The van der Waals surface area contributed by atoms with Gasteiger partial charge in [0.25, 0.3) is 11.6 Å². The maximum Gasteiger partial charge on any atom is 0.270 e. The summed E-state index contributed by atoms with van der Waals surface area (Å²) in [6, 6.07) is 3.19. The molecule has 9 heteroatoms. The predicted molar refractivity (Wildman–Crippen MR) is 74.2 cm³/mol. The van der Waals surface area contributed by atoms with Gasteiger partial charge in [-0.3, -0.25) is 14.9 Å². The zero-order valence-electron chi connectivity index (χ0n) is 11.2. The fourth-order valence-electron chi connectivity index (χ4n) is 2.16. The van der Waals surface area contributed by atoms with E-state index in [2.05, 4.69) is 5.32 Å². The van der Waals surface area contributed by atoms with E-state index >= 15 is 0 Å². The zero-order valence-corrected chi connectivity index (χ0v) is 12.1. The number of hydrogen-bond acceptors (Lipinski definition) is 6. The molecule has 1 atom stereocenters. The zero-order chi connectivity index (χ0) is 15.6. The highest BCUT2D eigenvalue weighted by atomic mass is 32.2. The highest BCUT2D eigenvalue weighted by Gasteiger charge is 2.30. The first kappa shape index (κ1) is 15.2. The first-order chi connectivity index (χ1) is 9.82. The van der Waals surface area contributed by atoms with Crippen LogP contribution in [0, 0.1) is 10.1 Å². The number of sulfone groups is 1. The third-order valence-electron chi connectivity index (χ3n) is 3.21. The average Bonchev–Trinajstić information content (AvgIpc) is 2.76. The van der Waals surface area contributed by atoms with Crippen molar-refractivity contribution in [3.63, 3.8) is 0 Å². The number of nitro benzene ring substituents is 1. The maximum absolute atomic E-state index is 12.2. The van der Waals surface area contributed by atoms with Gasteiger partial charge in [-0.15, -0.1) is 0 Å². The minimum absolute atomic E-state index is 0.0102. The minimum atomic E-state index is -3.11. The normalized spacial score (nSPS) is 20.0. The Morgan fingerprint density at radius 3 is 2.71 bits per heavy atom. The molecule has 1 aliphatic heterocycles. The Bertz CT molecular complexity index is 685. The van der Waals surface area contributed by atoms with E-state index < -0.39 is 26.7 Å². The SMILES string of the molecule is COc1ccc([N+](=O)[O-])cc1C(=O)NC1CCS(=O)(=O)C1. The largest absolute Gasteiger partial charge is 0.496 e. The van der Waals surface area contributed by atoms with Crippen molar-refractivity contribution in [2.75, 3.05) is 18.6 Å². The Balaban J connectivity index is 2.22. The van der Waals surface area contributed by atoms with Gasteiger partial charge >= 0.3 is 0 Å². The van der Waals surface area contributed by atoms with E-state index in [4.69, 9.17) is 4.74 Å². The number of carbonyl (C=O) groups excluding carboxylic acids is 1. The quantitative estimate of drug-likeness (QED) is 0.640. The number of non-ortho nitro benzene ring substituents is 1. The molecule has 1 aromatic rings. The van der Waals surface area contributed by atoms with E-state index in [1.807, 2.05) is 0 Å². The summed E-state index contributed by atoms with van der Waals surface area (Å²) in [7, 11) is -1.77. The van der Waals surface area contributed by atoms with Crippen LogP contribution in [0.25, 0.3) is 0 Å². The molecule has 1 heterocycles. The lowest BCUT2D eigenvalue weighted by Crippen LogP contribution is -2.35. The second kappa shape index (κ2) is 5.68. The molecule has 0 saturated carbocycles. The summed E-state index contributed by atoms with van der Waals surface area (Å²) in [5.41, 5.74) is -0.226. The molecule has 1 aliphatic rings. The average molecular weight is 314 g/mol. The van der Waals surface area contributed by atoms with Crippen molar-refractivity contribution in [1.82, 2.24) is 5.32 Å². The first-order valence-corrected chi connectivity index (χ1v) is 7.98. The van der Waals surface area contributed by atoms with E-state index in [0.717, 1.165) is 6.07 Å². The van der Waals surface area contributed by atoms with Crippen LogP contribution >= 0.6 is 0 Å². The molecule has 1 unspecified atom stereocenters. The van der Waals surface area contributed by atoms with Crippen LogP contribution in [0.2, 0.25) is 0 Å². The fourth-order valence-corrected chi connectivity index (χ4v) is 3.83. The van der Waals surface area contributed by atoms with Gasteiger partial charge in [-0.05, 0) is 12.5 Å². The van der Waals surface area contributed by atoms with Crippen molar-refractivity contribution >= 4 is 21.4 Å². The van der Waals surface area contributed by atoms with Crippen molar-refractivity contribution < 1.29 is 22.9 Å². The molecular weight excluding hydrogens is 300 g/mol. The molecule has 114 valence electrons. The molecule has 0 bridgehead atoms. The predicted octanol–water partition coefficient (Wildman–Crippen LogP) is 0.520. The molecule has 0 spiro atoms. The van der Waals surface area contributed by atoms with Gasteiger partial charge in [-0.2, -0.15) is 0 Å². The summed E-state index contributed by atoms with van der Waals surface area (Å²) >= 11 is 0. The number of methoxy groups -OCH3 is 1. The van der Waals surface area contributed by atoms with Crippen LogP contribution in [-0.2, 0) is 9.84 Å². The summed E-state index contributed by atoms with van der Waals surface area (Å²) < 4.78 is 27.7. The van der Waals surface area contributed by atoms with Crippen LogP contribution in [0.4, 0.5) is 5.69 Å². The van der Waals surface area contributed by atoms with Crippen molar-refractivity contribution in [2.45, 2.75) is 12.5 Å². The second-order valence-corrected chi connectivity index (χ2v) is 6.94. The number of nitro groups is 1. The molecular formula is C12H14N2O6S. The lowest BCUT2D eigenvalue weighted by atomic mass is 10.1. The first-order valence-electron chi connectivity index (χ1n) is 6.16. The summed E-state index contributed by atoms with van der Waals surface area (Å²) in [5.74, 6) is -0.475. The lowest BCUT2D eigenvalue weighted by Gasteiger charge is -2.13. The van der Waals surface area contributed by atoms with Crippen molar-refractivity contribution in [3.05, 3.63) is 33.9 Å². The summed E-state index contributed by atoms with van der Waals surface area (Å²) in [6.07, 6.45) is 0.339. The monoisotopic (exact) mass is 314 g/mol. The van der Waals surface area contributed by atoms with Gasteiger partial charge in [0, 0.05) is 18.2 Å². The van der Waals surface area contributed by atoms with E-state index in [0.29, 0.717) is 6.42 Å². The number of amides is 1. The highest BCUT2D eigenvalue weighted by molar-refractivity contribution is 7.91.